The lowest BCUT2D eigenvalue weighted by Gasteiger charge is -2.32. The van der Waals surface area contributed by atoms with Crippen LogP contribution in [0.15, 0.2) is 37.2 Å². The molecule has 8 heteroatoms. The molecule has 27 heavy (non-hydrogen) atoms. The molecule has 4 rings (SSSR count). The highest BCUT2D eigenvalue weighted by Crippen LogP contribution is 2.27. The topological polar surface area (TPSA) is 81.7 Å². The average molecular weight is 365 g/mol. The van der Waals surface area contributed by atoms with Crippen LogP contribution in [0.3, 0.4) is 0 Å². The van der Waals surface area contributed by atoms with Crippen LogP contribution in [0, 0.1) is 6.92 Å². The van der Waals surface area contributed by atoms with Crippen molar-refractivity contribution in [3.8, 4) is 0 Å². The molecule has 1 aliphatic heterocycles. The number of nitrogens with zero attached hydrogens (tertiary/aromatic N) is 7. The molecule has 4 heterocycles. The number of aryl methyl sites for hydroxylation is 1. The molecule has 0 radical (unpaired) electrons. The van der Waals surface area contributed by atoms with Gasteiger partial charge in [-0.15, -0.1) is 10.2 Å². The third kappa shape index (κ3) is 3.47. The van der Waals surface area contributed by atoms with Crippen molar-refractivity contribution in [2.24, 2.45) is 7.05 Å². The Morgan fingerprint density at radius 2 is 2.15 bits per heavy atom. The summed E-state index contributed by atoms with van der Waals surface area (Å²) in [5.41, 5.74) is 1.63. The predicted octanol–water partition coefficient (Wildman–Crippen LogP) is 1.78. The van der Waals surface area contributed by atoms with E-state index in [0.717, 1.165) is 36.6 Å². The normalized spacial score (nSPS) is 17.3. The molecule has 0 N–H and O–H groups in total. The molecule has 1 atom stereocenters. The van der Waals surface area contributed by atoms with Gasteiger partial charge >= 0.3 is 0 Å². The van der Waals surface area contributed by atoms with Crippen LogP contribution in [0.2, 0.25) is 0 Å². The van der Waals surface area contributed by atoms with E-state index in [-0.39, 0.29) is 11.8 Å². The molecule has 0 bridgehead atoms. The van der Waals surface area contributed by atoms with E-state index < -0.39 is 0 Å². The van der Waals surface area contributed by atoms with Crippen molar-refractivity contribution >= 4 is 5.91 Å². The standard InChI is InChI=1S/C19H23N7O/c1-14-5-6-20-10-16(14)19(27)26-8-3-4-15(11-26)18-23-22-17(24(18)2)12-25-9-7-21-13-25/h5-7,9-10,13,15H,3-4,8,11-12H2,1-2H3/t15-/m1/s1. The Bertz CT molecular complexity index is 931. The van der Waals surface area contributed by atoms with Crippen molar-refractivity contribution < 1.29 is 4.79 Å². The van der Waals surface area contributed by atoms with Crippen molar-refractivity contribution in [2.75, 3.05) is 13.1 Å². The Balaban J connectivity index is 1.51. The van der Waals surface area contributed by atoms with Gasteiger partial charge in [-0.1, -0.05) is 0 Å². The van der Waals surface area contributed by atoms with E-state index in [4.69, 9.17) is 0 Å². The lowest BCUT2D eigenvalue weighted by atomic mass is 9.96. The van der Waals surface area contributed by atoms with E-state index in [9.17, 15) is 4.79 Å². The number of likely N-dealkylation sites (tertiary alicyclic amines) is 1. The zero-order chi connectivity index (χ0) is 18.8. The van der Waals surface area contributed by atoms with Crippen LogP contribution in [-0.4, -0.2) is 53.2 Å². The van der Waals surface area contributed by atoms with E-state index in [0.29, 0.717) is 18.7 Å². The summed E-state index contributed by atoms with van der Waals surface area (Å²) in [6, 6.07) is 1.87. The lowest BCUT2D eigenvalue weighted by Crippen LogP contribution is -2.40. The summed E-state index contributed by atoms with van der Waals surface area (Å²) < 4.78 is 4.02. The summed E-state index contributed by atoms with van der Waals surface area (Å²) in [6.45, 7) is 4.00. The van der Waals surface area contributed by atoms with Crippen LogP contribution in [0.1, 0.15) is 46.3 Å². The van der Waals surface area contributed by atoms with Gasteiger partial charge in [0.25, 0.3) is 5.91 Å². The second-order valence-corrected chi connectivity index (χ2v) is 7.05. The number of carbonyl (C=O) groups excluding carboxylic acids is 1. The molecule has 140 valence electrons. The monoisotopic (exact) mass is 365 g/mol. The molecular formula is C19H23N7O. The quantitative estimate of drug-likeness (QED) is 0.704. The molecule has 1 aliphatic rings. The van der Waals surface area contributed by atoms with Gasteiger partial charge in [0, 0.05) is 50.8 Å². The lowest BCUT2D eigenvalue weighted by molar-refractivity contribution is 0.0702. The minimum absolute atomic E-state index is 0.0473. The second-order valence-electron chi connectivity index (χ2n) is 7.05. The Labute approximate surface area is 157 Å². The molecule has 1 amide bonds. The molecule has 3 aromatic rings. The van der Waals surface area contributed by atoms with Crippen molar-refractivity contribution in [2.45, 2.75) is 32.2 Å². The van der Waals surface area contributed by atoms with E-state index in [2.05, 4.69) is 20.2 Å². The average Bonchev–Trinajstić information content (AvgIpc) is 3.32. The number of pyridine rings is 1. The molecule has 0 saturated carbocycles. The maximum absolute atomic E-state index is 12.9. The van der Waals surface area contributed by atoms with Crippen LogP contribution < -0.4 is 0 Å². The summed E-state index contributed by atoms with van der Waals surface area (Å²) in [5.74, 6) is 2.06. The third-order valence-corrected chi connectivity index (χ3v) is 5.23. The molecular weight excluding hydrogens is 342 g/mol. The Morgan fingerprint density at radius 3 is 2.93 bits per heavy atom. The molecule has 0 unspecified atom stereocenters. The second kappa shape index (κ2) is 7.30. The van der Waals surface area contributed by atoms with Crippen molar-refractivity contribution in [1.82, 2.24) is 34.2 Å². The van der Waals surface area contributed by atoms with Crippen LogP contribution in [-0.2, 0) is 13.6 Å². The molecule has 0 aromatic carbocycles. The van der Waals surface area contributed by atoms with Gasteiger partial charge in [0.1, 0.15) is 5.82 Å². The molecule has 3 aromatic heterocycles. The summed E-state index contributed by atoms with van der Waals surface area (Å²) >= 11 is 0. The van der Waals surface area contributed by atoms with E-state index >= 15 is 0 Å². The minimum atomic E-state index is 0.0473. The number of hydrogen-bond acceptors (Lipinski definition) is 5. The predicted molar refractivity (Wildman–Crippen MR) is 99.2 cm³/mol. The van der Waals surface area contributed by atoms with Gasteiger partial charge in [-0.3, -0.25) is 9.78 Å². The first-order valence-corrected chi connectivity index (χ1v) is 9.17. The molecule has 1 saturated heterocycles. The van der Waals surface area contributed by atoms with Crippen LogP contribution >= 0.6 is 0 Å². The highest BCUT2D eigenvalue weighted by molar-refractivity contribution is 5.95. The van der Waals surface area contributed by atoms with E-state index in [1.54, 1.807) is 24.9 Å². The Hall–Kier alpha value is -3.03. The highest BCUT2D eigenvalue weighted by Gasteiger charge is 2.29. The zero-order valence-electron chi connectivity index (χ0n) is 15.6. The maximum atomic E-state index is 12.9. The number of aromatic nitrogens is 6. The van der Waals surface area contributed by atoms with Crippen molar-refractivity contribution in [1.29, 1.82) is 0 Å². The van der Waals surface area contributed by atoms with Gasteiger partial charge in [-0.25, -0.2) is 4.98 Å². The van der Waals surface area contributed by atoms with E-state index in [1.165, 1.54) is 0 Å². The van der Waals surface area contributed by atoms with Gasteiger partial charge < -0.3 is 14.0 Å². The molecule has 0 aliphatic carbocycles. The van der Waals surface area contributed by atoms with Crippen LogP contribution in [0.4, 0.5) is 0 Å². The Kier molecular flexibility index (Phi) is 4.70. The summed E-state index contributed by atoms with van der Waals surface area (Å²) in [6.07, 6.45) is 10.8. The van der Waals surface area contributed by atoms with Gasteiger partial charge in [-0.2, -0.15) is 0 Å². The molecule has 8 nitrogen and oxygen atoms in total. The summed E-state index contributed by atoms with van der Waals surface area (Å²) in [7, 11) is 1.99. The number of imidazole rings is 1. The van der Waals surface area contributed by atoms with Gasteiger partial charge in [0.05, 0.1) is 18.4 Å². The molecule has 1 fully saturated rings. The highest BCUT2D eigenvalue weighted by atomic mass is 16.2. The van der Waals surface area contributed by atoms with Gasteiger partial charge in [0.2, 0.25) is 0 Å². The summed E-state index contributed by atoms with van der Waals surface area (Å²) in [5, 5.41) is 8.79. The fourth-order valence-electron chi connectivity index (χ4n) is 3.64. The first kappa shape index (κ1) is 17.4. The number of carbonyl (C=O) groups is 1. The third-order valence-electron chi connectivity index (χ3n) is 5.23. The fourth-order valence-corrected chi connectivity index (χ4v) is 3.64. The minimum Gasteiger partial charge on any atom is -0.338 e. The largest absolute Gasteiger partial charge is 0.338 e. The zero-order valence-corrected chi connectivity index (χ0v) is 15.6. The smallest absolute Gasteiger partial charge is 0.255 e. The van der Waals surface area contributed by atoms with Crippen molar-refractivity contribution in [3.63, 3.8) is 0 Å². The molecule has 0 spiro atoms. The number of amides is 1. The maximum Gasteiger partial charge on any atom is 0.255 e. The van der Waals surface area contributed by atoms with Crippen molar-refractivity contribution in [3.05, 3.63) is 60.0 Å². The first-order valence-electron chi connectivity index (χ1n) is 9.17. The first-order chi connectivity index (χ1) is 13.1. The Morgan fingerprint density at radius 1 is 1.26 bits per heavy atom. The van der Waals surface area contributed by atoms with Gasteiger partial charge in [-0.05, 0) is 31.4 Å². The van der Waals surface area contributed by atoms with Crippen LogP contribution in [0.25, 0.3) is 0 Å². The fraction of sp³-hybridized carbons (Fsp3) is 0.421. The number of piperidine rings is 1. The summed E-state index contributed by atoms with van der Waals surface area (Å²) in [4.78, 5) is 23.0. The number of hydrogen-bond donors (Lipinski definition) is 0. The number of rotatable bonds is 4. The van der Waals surface area contributed by atoms with Gasteiger partial charge in [0.15, 0.2) is 5.82 Å². The SMILES string of the molecule is Cc1ccncc1C(=O)N1CCC[C@@H](c2nnc(Cn3ccnc3)n2C)C1. The van der Waals surface area contributed by atoms with Crippen LogP contribution in [0.5, 0.6) is 0 Å². The van der Waals surface area contributed by atoms with E-state index in [1.807, 2.05) is 40.3 Å².